The first-order valence-corrected chi connectivity index (χ1v) is 12.5. The fourth-order valence-electron chi connectivity index (χ4n) is 6.70. The third kappa shape index (κ3) is 3.32. The molecule has 182 valence electrons. The number of piperidine rings is 1. The van der Waals surface area contributed by atoms with Crippen molar-refractivity contribution in [2.45, 2.75) is 62.9 Å². The van der Waals surface area contributed by atoms with Crippen LogP contribution in [0.15, 0.2) is 65.3 Å². The lowest BCUT2D eigenvalue weighted by molar-refractivity contribution is -0.148. The highest BCUT2D eigenvalue weighted by molar-refractivity contribution is 5.96. The summed E-state index contributed by atoms with van der Waals surface area (Å²) in [5.74, 6) is -1.25. The number of ether oxygens (including phenoxy) is 1. The molecule has 1 spiro atoms. The molecule has 2 amide bonds. The number of aryl methyl sites for hydroxylation is 1. The van der Waals surface area contributed by atoms with Crippen LogP contribution in [0.2, 0.25) is 0 Å². The smallest absolute Gasteiger partial charge is 0.230 e. The molecule has 8 atom stereocenters. The molecule has 0 unspecified atom stereocenters. The number of Topliss-reactive ketones (excluding diaryl/α,β-unsaturated/α-hetero) is 1. The minimum Gasteiger partial charge on any atom is -0.467 e. The zero-order valence-electron chi connectivity index (χ0n) is 19.9. The van der Waals surface area contributed by atoms with Crippen LogP contribution in [0.5, 0.6) is 0 Å². The number of nitrogens with one attached hydrogen (secondary N) is 1. The van der Waals surface area contributed by atoms with E-state index in [-0.39, 0.29) is 36.0 Å². The molecule has 0 saturated carbocycles. The van der Waals surface area contributed by atoms with Crippen molar-refractivity contribution < 1.29 is 23.5 Å². The predicted octanol–water partition coefficient (Wildman–Crippen LogP) is 3.22. The van der Waals surface area contributed by atoms with Crippen LogP contribution >= 0.6 is 0 Å². The van der Waals surface area contributed by atoms with Crippen molar-refractivity contribution in [2.75, 3.05) is 0 Å². The molecule has 5 heterocycles. The van der Waals surface area contributed by atoms with Gasteiger partial charge >= 0.3 is 0 Å². The van der Waals surface area contributed by atoms with Crippen LogP contribution in [0, 0.1) is 17.8 Å². The van der Waals surface area contributed by atoms with Gasteiger partial charge in [0.25, 0.3) is 0 Å². The average Bonchev–Trinajstić information content (AvgIpc) is 3.63. The highest BCUT2D eigenvalue weighted by Crippen LogP contribution is 2.59. The van der Waals surface area contributed by atoms with Crippen LogP contribution in [-0.2, 0) is 25.5 Å². The highest BCUT2D eigenvalue weighted by Gasteiger charge is 2.74. The molecule has 4 aliphatic rings. The summed E-state index contributed by atoms with van der Waals surface area (Å²) in [6.07, 6.45) is 6.80. The average molecular weight is 475 g/mol. The molecular weight excluding hydrogens is 444 g/mol. The number of furan rings is 1. The van der Waals surface area contributed by atoms with E-state index in [9.17, 15) is 14.4 Å². The molecule has 2 bridgehead atoms. The fraction of sp³-hybridized carbons (Fsp3) is 0.464. The van der Waals surface area contributed by atoms with Crippen molar-refractivity contribution >= 4 is 17.6 Å². The normalized spacial score (nSPS) is 35.8. The van der Waals surface area contributed by atoms with E-state index in [4.69, 9.17) is 9.15 Å². The summed E-state index contributed by atoms with van der Waals surface area (Å²) < 4.78 is 12.1. The first-order valence-electron chi connectivity index (χ1n) is 12.5. The molecule has 1 N–H and O–H groups in total. The van der Waals surface area contributed by atoms with Crippen LogP contribution < -0.4 is 5.32 Å². The Morgan fingerprint density at radius 1 is 1.20 bits per heavy atom. The quantitative estimate of drug-likeness (QED) is 0.650. The first-order chi connectivity index (χ1) is 16.9. The van der Waals surface area contributed by atoms with Gasteiger partial charge in [-0.05, 0) is 37.5 Å². The topological polar surface area (TPSA) is 88.8 Å². The van der Waals surface area contributed by atoms with Gasteiger partial charge in [-0.25, -0.2) is 0 Å². The molecule has 2 aromatic rings. The third-order valence-electron chi connectivity index (χ3n) is 8.35. The number of benzene rings is 1. The summed E-state index contributed by atoms with van der Waals surface area (Å²) in [7, 11) is 0. The van der Waals surface area contributed by atoms with E-state index < -0.39 is 35.6 Å². The zero-order chi connectivity index (χ0) is 24.3. The number of fused-ring (bicyclic) bond motifs is 2. The Morgan fingerprint density at radius 3 is 2.74 bits per heavy atom. The lowest BCUT2D eigenvalue weighted by atomic mass is 9.70. The minimum atomic E-state index is -0.961. The van der Waals surface area contributed by atoms with E-state index in [1.807, 2.05) is 44.2 Å². The zero-order valence-corrected chi connectivity index (χ0v) is 19.9. The van der Waals surface area contributed by atoms with E-state index in [1.165, 1.54) is 5.56 Å². The first kappa shape index (κ1) is 22.3. The van der Waals surface area contributed by atoms with Crippen LogP contribution in [0.4, 0.5) is 0 Å². The van der Waals surface area contributed by atoms with Gasteiger partial charge in [0.2, 0.25) is 11.8 Å². The van der Waals surface area contributed by atoms with Crippen molar-refractivity contribution in [1.29, 1.82) is 0 Å². The second-order valence-electron chi connectivity index (χ2n) is 10.4. The Bertz CT molecular complexity index is 1180. The Kier molecular flexibility index (Phi) is 5.22. The van der Waals surface area contributed by atoms with Crippen LogP contribution in [-0.4, -0.2) is 46.3 Å². The number of rotatable bonds is 6. The number of ketones is 1. The largest absolute Gasteiger partial charge is 0.467 e. The Labute approximate surface area is 204 Å². The van der Waals surface area contributed by atoms with E-state index in [0.29, 0.717) is 5.76 Å². The Balaban J connectivity index is 1.25. The van der Waals surface area contributed by atoms with Crippen LogP contribution in [0.1, 0.15) is 44.1 Å². The molecule has 3 fully saturated rings. The molecule has 35 heavy (non-hydrogen) atoms. The van der Waals surface area contributed by atoms with E-state index in [1.54, 1.807) is 23.3 Å². The van der Waals surface area contributed by atoms with Gasteiger partial charge < -0.3 is 19.4 Å². The third-order valence-corrected chi connectivity index (χ3v) is 8.35. The summed E-state index contributed by atoms with van der Waals surface area (Å²) in [6.45, 7) is 3.86. The molecule has 3 saturated heterocycles. The molecule has 0 radical (unpaired) electrons. The predicted molar refractivity (Wildman–Crippen MR) is 127 cm³/mol. The SMILES string of the molecule is C[C@@H](CCc1ccccc1)NC(=O)[C@H]1[C@H]2C=C[C@@]3(O2)[C@@H]2[C@@H](C)C(=O)C[C@@H](c4ccco4)N2C(=O)[C@@H]13. The van der Waals surface area contributed by atoms with E-state index in [0.717, 1.165) is 12.8 Å². The van der Waals surface area contributed by atoms with E-state index in [2.05, 4.69) is 17.4 Å². The lowest BCUT2D eigenvalue weighted by Crippen LogP contribution is -2.55. The number of amides is 2. The standard InChI is InChI=1S/C28H30N2O5/c1-16(10-11-18-7-4-3-5-8-18)29-26(32)23-22-12-13-28(35-22)24(23)27(33)30-19(21-9-6-14-34-21)15-20(31)17(2)25(28)30/h3-9,12-14,16-17,19,22-25H,10-11,15H2,1-2H3,(H,29,32)/t16-,17-,19-,22+,23-,24+,25-,28-/m0/s1. The summed E-state index contributed by atoms with van der Waals surface area (Å²) in [6, 6.07) is 12.8. The van der Waals surface area contributed by atoms with Gasteiger partial charge in [-0.1, -0.05) is 49.4 Å². The second kappa shape index (κ2) is 8.19. The summed E-state index contributed by atoms with van der Waals surface area (Å²) >= 11 is 0. The van der Waals surface area contributed by atoms with Gasteiger partial charge in [-0.3, -0.25) is 14.4 Å². The van der Waals surface area contributed by atoms with Crippen molar-refractivity contribution in [3.63, 3.8) is 0 Å². The van der Waals surface area contributed by atoms with E-state index >= 15 is 0 Å². The van der Waals surface area contributed by atoms with Crippen molar-refractivity contribution in [3.05, 3.63) is 72.2 Å². The number of nitrogens with zero attached hydrogens (tertiary/aromatic N) is 1. The number of hydrogen-bond acceptors (Lipinski definition) is 5. The lowest BCUT2D eigenvalue weighted by Gasteiger charge is -2.43. The maximum atomic E-state index is 14.0. The monoisotopic (exact) mass is 474 g/mol. The van der Waals surface area contributed by atoms with Crippen LogP contribution in [0.3, 0.4) is 0 Å². The molecule has 6 rings (SSSR count). The van der Waals surface area contributed by atoms with Crippen molar-refractivity contribution in [2.24, 2.45) is 17.8 Å². The second-order valence-corrected chi connectivity index (χ2v) is 10.4. The summed E-state index contributed by atoms with van der Waals surface area (Å²) in [5, 5.41) is 3.14. The molecule has 4 aliphatic heterocycles. The molecule has 7 heteroatoms. The fourth-order valence-corrected chi connectivity index (χ4v) is 6.70. The summed E-state index contributed by atoms with van der Waals surface area (Å²) in [4.78, 5) is 42.3. The van der Waals surface area contributed by atoms with Gasteiger partial charge in [0.1, 0.15) is 17.1 Å². The molecule has 7 nitrogen and oxygen atoms in total. The Hall–Kier alpha value is -3.19. The molecule has 1 aromatic carbocycles. The highest BCUT2D eigenvalue weighted by atomic mass is 16.5. The van der Waals surface area contributed by atoms with Gasteiger partial charge in [0, 0.05) is 18.4 Å². The van der Waals surface area contributed by atoms with Crippen molar-refractivity contribution in [3.8, 4) is 0 Å². The number of carbonyl (C=O) groups excluding carboxylic acids is 3. The van der Waals surface area contributed by atoms with Gasteiger partial charge in [-0.15, -0.1) is 0 Å². The maximum Gasteiger partial charge on any atom is 0.230 e. The molecule has 0 aliphatic carbocycles. The van der Waals surface area contributed by atoms with Gasteiger partial charge in [0.15, 0.2) is 0 Å². The van der Waals surface area contributed by atoms with Gasteiger partial charge in [-0.2, -0.15) is 0 Å². The summed E-state index contributed by atoms with van der Waals surface area (Å²) in [5.41, 5.74) is 0.265. The number of carbonyl (C=O) groups is 3. The molecule has 1 aromatic heterocycles. The van der Waals surface area contributed by atoms with Crippen LogP contribution in [0.25, 0.3) is 0 Å². The minimum absolute atomic E-state index is 0.0442. The Morgan fingerprint density at radius 2 is 2.00 bits per heavy atom. The molecular formula is C28H30N2O5. The van der Waals surface area contributed by atoms with Crippen molar-refractivity contribution in [1.82, 2.24) is 10.2 Å². The van der Waals surface area contributed by atoms with Gasteiger partial charge in [0.05, 0.1) is 36.3 Å². The maximum absolute atomic E-state index is 14.0. The number of hydrogen-bond donors (Lipinski definition) is 1.